The van der Waals surface area contributed by atoms with Crippen LogP contribution in [0, 0.1) is 13.8 Å². The average Bonchev–Trinajstić information content (AvgIpc) is 2.95. The molecule has 5 heteroatoms. The van der Waals surface area contributed by atoms with E-state index in [9.17, 15) is 4.79 Å². The third-order valence-corrected chi connectivity index (χ3v) is 4.66. The molecule has 1 atom stereocenters. The lowest BCUT2D eigenvalue weighted by Crippen LogP contribution is -2.36. The molecule has 1 aliphatic carbocycles. The minimum atomic E-state index is 0.0323. The van der Waals surface area contributed by atoms with Crippen LogP contribution in [0.4, 0.5) is 0 Å². The number of hydrogen-bond acceptors (Lipinski definition) is 3. The third-order valence-electron chi connectivity index (χ3n) is 4.66. The largest absolute Gasteiger partial charge is 0.348 e. The maximum absolute atomic E-state index is 11.9. The molecule has 0 saturated heterocycles. The molecule has 23 heavy (non-hydrogen) atoms. The zero-order valence-corrected chi connectivity index (χ0v) is 14.0. The first-order valence-electron chi connectivity index (χ1n) is 8.19. The summed E-state index contributed by atoms with van der Waals surface area (Å²) in [6, 6.07) is 6.37. The zero-order chi connectivity index (χ0) is 16.4. The second kappa shape index (κ2) is 6.54. The Kier molecular flexibility index (Phi) is 4.48. The second-order valence-corrected chi connectivity index (χ2v) is 6.22. The summed E-state index contributed by atoms with van der Waals surface area (Å²) in [7, 11) is 1.78. The van der Waals surface area contributed by atoms with Crippen LogP contribution in [0.1, 0.15) is 41.3 Å². The van der Waals surface area contributed by atoms with Gasteiger partial charge in [0.1, 0.15) is 0 Å². The predicted molar refractivity (Wildman–Crippen MR) is 90.8 cm³/mol. The number of nitrogens with one attached hydrogen (secondary N) is 2. The molecular weight excluding hydrogens is 288 g/mol. The quantitative estimate of drug-likeness (QED) is 0.910. The van der Waals surface area contributed by atoms with E-state index in [0.717, 1.165) is 30.5 Å². The van der Waals surface area contributed by atoms with E-state index in [1.807, 2.05) is 10.9 Å². The van der Waals surface area contributed by atoms with Gasteiger partial charge in [-0.2, -0.15) is 5.10 Å². The van der Waals surface area contributed by atoms with Gasteiger partial charge in [0.15, 0.2) is 0 Å². The van der Waals surface area contributed by atoms with Crippen LogP contribution in [0.5, 0.6) is 0 Å². The Morgan fingerprint density at radius 1 is 1.39 bits per heavy atom. The fourth-order valence-corrected chi connectivity index (χ4v) is 3.29. The maximum atomic E-state index is 11.9. The van der Waals surface area contributed by atoms with Crippen molar-refractivity contribution in [3.05, 3.63) is 46.8 Å². The van der Waals surface area contributed by atoms with Crippen molar-refractivity contribution in [2.45, 2.75) is 39.2 Å². The summed E-state index contributed by atoms with van der Waals surface area (Å²) in [5, 5.41) is 10.6. The monoisotopic (exact) mass is 312 g/mol. The molecule has 122 valence electrons. The van der Waals surface area contributed by atoms with Crippen molar-refractivity contribution in [2.75, 3.05) is 13.6 Å². The standard InChI is InChI=1S/C18H24N4O/c1-12-6-4-8-16(13(12)2)22-17-9-5-7-15(14(17)10-20-22)21-18(23)11-19-3/h4,6,8,10,15,19H,5,7,9,11H2,1-3H3,(H,21,23)/t15-/m0/s1. The number of carbonyl (C=O) groups is 1. The van der Waals surface area contributed by atoms with Crippen LogP contribution in [-0.4, -0.2) is 29.3 Å². The SMILES string of the molecule is CNCC(=O)N[C@H]1CCCc2c1cnn2-c1cccc(C)c1C. The van der Waals surface area contributed by atoms with Crippen LogP contribution in [-0.2, 0) is 11.2 Å². The number of carbonyl (C=O) groups excluding carboxylic acids is 1. The number of likely N-dealkylation sites (N-methyl/N-ethyl adjacent to an activating group) is 1. The summed E-state index contributed by atoms with van der Waals surface area (Å²) in [5.41, 5.74) is 6.02. The van der Waals surface area contributed by atoms with E-state index in [4.69, 9.17) is 0 Å². The molecule has 0 unspecified atom stereocenters. The molecule has 0 bridgehead atoms. The van der Waals surface area contributed by atoms with Gasteiger partial charge in [0.2, 0.25) is 5.91 Å². The highest BCUT2D eigenvalue weighted by Gasteiger charge is 2.26. The molecule has 0 saturated carbocycles. The van der Waals surface area contributed by atoms with E-state index in [0.29, 0.717) is 6.54 Å². The van der Waals surface area contributed by atoms with Crippen molar-refractivity contribution >= 4 is 5.91 Å². The van der Waals surface area contributed by atoms with E-state index >= 15 is 0 Å². The Labute approximate surface area is 137 Å². The van der Waals surface area contributed by atoms with Crippen LogP contribution in [0.3, 0.4) is 0 Å². The van der Waals surface area contributed by atoms with Gasteiger partial charge in [0.05, 0.1) is 24.5 Å². The van der Waals surface area contributed by atoms with Gasteiger partial charge in [-0.3, -0.25) is 4.79 Å². The lowest BCUT2D eigenvalue weighted by atomic mass is 9.92. The van der Waals surface area contributed by atoms with Crippen molar-refractivity contribution in [1.82, 2.24) is 20.4 Å². The zero-order valence-electron chi connectivity index (χ0n) is 14.0. The first-order valence-corrected chi connectivity index (χ1v) is 8.19. The lowest BCUT2D eigenvalue weighted by Gasteiger charge is -2.24. The fourth-order valence-electron chi connectivity index (χ4n) is 3.29. The van der Waals surface area contributed by atoms with Gasteiger partial charge in [-0.15, -0.1) is 0 Å². The molecule has 5 nitrogen and oxygen atoms in total. The van der Waals surface area contributed by atoms with Gasteiger partial charge in [-0.1, -0.05) is 12.1 Å². The topological polar surface area (TPSA) is 59.0 Å². The molecule has 3 rings (SSSR count). The van der Waals surface area contributed by atoms with Gasteiger partial charge in [0, 0.05) is 11.3 Å². The summed E-state index contributed by atoms with van der Waals surface area (Å²) in [5.74, 6) is 0.0323. The van der Waals surface area contributed by atoms with Crippen LogP contribution in [0.2, 0.25) is 0 Å². The first kappa shape index (κ1) is 15.7. The fraction of sp³-hybridized carbons (Fsp3) is 0.444. The summed E-state index contributed by atoms with van der Waals surface area (Å²) in [4.78, 5) is 11.9. The van der Waals surface area contributed by atoms with E-state index in [-0.39, 0.29) is 11.9 Å². The Balaban J connectivity index is 1.94. The molecule has 2 N–H and O–H groups in total. The van der Waals surface area contributed by atoms with Crippen molar-refractivity contribution in [1.29, 1.82) is 0 Å². The number of amides is 1. The number of aryl methyl sites for hydroxylation is 1. The van der Waals surface area contributed by atoms with E-state index in [1.54, 1.807) is 7.05 Å². The highest BCUT2D eigenvalue weighted by atomic mass is 16.1. The van der Waals surface area contributed by atoms with Crippen molar-refractivity contribution in [3.63, 3.8) is 0 Å². The minimum Gasteiger partial charge on any atom is -0.348 e. The average molecular weight is 312 g/mol. The predicted octanol–water partition coefficient (Wildman–Crippen LogP) is 2.20. The van der Waals surface area contributed by atoms with E-state index < -0.39 is 0 Å². The Morgan fingerprint density at radius 2 is 2.22 bits per heavy atom. The Hall–Kier alpha value is -2.14. The summed E-state index contributed by atoms with van der Waals surface area (Å²) >= 11 is 0. The van der Waals surface area contributed by atoms with Gasteiger partial charge in [0.25, 0.3) is 0 Å². The van der Waals surface area contributed by atoms with Gasteiger partial charge in [-0.05, 0) is 57.4 Å². The minimum absolute atomic E-state index is 0.0323. The number of benzene rings is 1. The Morgan fingerprint density at radius 3 is 3.00 bits per heavy atom. The number of rotatable bonds is 4. The smallest absolute Gasteiger partial charge is 0.234 e. The van der Waals surface area contributed by atoms with Gasteiger partial charge >= 0.3 is 0 Å². The van der Waals surface area contributed by atoms with Gasteiger partial charge < -0.3 is 10.6 Å². The normalized spacial score (nSPS) is 16.9. The van der Waals surface area contributed by atoms with E-state index in [1.165, 1.54) is 16.8 Å². The number of hydrogen-bond donors (Lipinski definition) is 2. The van der Waals surface area contributed by atoms with Crippen molar-refractivity contribution < 1.29 is 4.79 Å². The molecule has 1 aromatic carbocycles. The summed E-state index contributed by atoms with van der Waals surface area (Å²) in [6.07, 6.45) is 4.96. The number of nitrogens with zero attached hydrogens (tertiary/aromatic N) is 2. The molecular formula is C18H24N4O. The van der Waals surface area contributed by atoms with Crippen LogP contribution < -0.4 is 10.6 Å². The number of aromatic nitrogens is 2. The molecule has 0 fully saturated rings. The van der Waals surface area contributed by atoms with Gasteiger partial charge in [-0.25, -0.2) is 4.68 Å². The van der Waals surface area contributed by atoms with Crippen molar-refractivity contribution in [3.8, 4) is 5.69 Å². The first-order chi connectivity index (χ1) is 11.1. The van der Waals surface area contributed by atoms with Crippen LogP contribution >= 0.6 is 0 Å². The molecule has 1 heterocycles. The Bertz CT molecular complexity index is 720. The molecule has 1 amide bonds. The van der Waals surface area contributed by atoms with Crippen molar-refractivity contribution in [2.24, 2.45) is 0 Å². The molecule has 0 spiro atoms. The molecule has 1 aliphatic rings. The molecule has 0 aliphatic heterocycles. The lowest BCUT2D eigenvalue weighted by molar-refractivity contribution is -0.121. The van der Waals surface area contributed by atoms with Crippen LogP contribution in [0.15, 0.2) is 24.4 Å². The number of fused-ring (bicyclic) bond motifs is 1. The highest BCUT2D eigenvalue weighted by Crippen LogP contribution is 2.31. The molecule has 2 aromatic rings. The highest BCUT2D eigenvalue weighted by molar-refractivity contribution is 5.78. The van der Waals surface area contributed by atoms with Crippen LogP contribution in [0.25, 0.3) is 5.69 Å². The second-order valence-electron chi connectivity index (χ2n) is 6.22. The molecule has 1 aromatic heterocycles. The maximum Gasteiger partial charge on any atom is 0.234 e. The molecule has 0 radical (unpaired) electrons. The summed E-state index contributed by atoms with van der Waals surface area (Å²) < 4.78 is 2.05. The third kappa shape index (κ3) is 3.01. The van der Waals surface area contributed by atoms with E-state index in [2.05, 4.69) is 47.8 Å². The summed E-state index contributed by atoms with van der Waals surface area (Å²) in [6.45, 7) is 4.60.